The molecule has 1 fully saturated rings. The summed E-state index contributed by atoms with van der Waals surface area (Å²) in [4.78, 5) is 12.4. The van der Waals surface area contributed by atoms with Gasteiger partial charge in [0, 0.05) is 30.3 Å². The summed E-state index contributed by atoms with van der Waals surface area (Å²) in [5.41, 5.74) is 2.58. The normalized spacial score (nSPS) is 17.4. The Bertz CT molecular complexity index is 932. The molecule has 0 spiro atoms. The molecule has 0 bridgehead atoms. The summed E-state index contributed by atoms with van der Waals surface area (Å²) >= 11 is 6.17. The molecule has 3 rings (SSSR count). The molecule has 2 aromatic rings. The van der Waals surface area contributed by atoms with E-state index in [0.29, 0.717) is 30.2 Å². The lowest BCUT2D eigenvalue weighted by Crippen LogP contribution is -2.51. The van der Waals surface area contributed by atoms with Gasteiger partial charge in [-0.15, -0.1) is 0 Å². The number of hydrogen-bond donors (Lipinski definition) is 1. The van der Waals surface area contributed by atoms with E-state index in [4.69, 9.17) is 11.6 Å². The first kappa shape index (κ1) is 20.8. The summed E-state index contributed by atoms with van der Waals surface area (Å²) in [6, 6.07) is 14.7. The lowest BCUT2D eigenvalue weighted by molar-refractivity contribution is -0.116. The fourth-order valence-corrected chi connectivity index (χ4v) is 4.96. The van der Waals surface area contributed by atoms with Gasteiger partial charge in [0.25, 0.3) is 10.2 Å². The number of anilines is 1. The lowest BCUT2D eigenvalue weighted by atomic mass is 10.1. The van der Waals surface area contributed by atoms with Gasteiger partial charge in [0.05, 0.1) is 6.54 Å². The van der Waals surface area contributed by atoms with Gasteiger partial charge in [-0.3, -0.25) is 4.79 Å². The van der Waals surface area contributed by atoms with Crippen molar-refractivity contribution in [2.24, 2.45) is 0 Å². The summed E-state index contributed by atoms with van der Waals surface area (Å²) in [5.74, 6) is -0.354. The fourth-order valence-electron chi connectivity index (χ4n) is 3.14. The quantitative estimate of drug-likeness (QED) is 0.778. The molecule has 1 saturated heterocycles. The molecule has 2 aromatic carbocycles. The number of nitrogens with zero attached hydrogens (tertiary/aromatic N) is 2. The van der Waals surface area contributed by atoms with Crippen molar-refractivity contribution in [2.75, 3.05) is 25.0 Å². The average Bonchev–Trinajstić information content (AvgIpc) is 2.67. The molecular formula is C20H24ClN3O3S. The van der Waals surface area contributed by atoms with Crippen LogP contribution in [0.5, 0.6) is 0 Å². The average molecular weight is 422 g/mol. The van der Waals surface area contributed by atoms with Gasteiger partial charge >= 0.3 is 0 Å². The molecule has 8 heteroatoms. The van der Waals surface area contributed by atoms with Gasteiger partial charge in [0.15, 0.2) is 0 Å². The Labute approximate surface area is 171 Å². The maximum absolute atomic E-state index is 12.9. The van der Waals surface area contributed by atoms with E-state index in [0.717, 1.165) is 12.0 Å². The Hall–Kier alpha value is -1.93. The smallest absolute Gasteiger partial charge is 0.282 e. The number of halogens is 1. The summed E-state index contributed by atoms with van der Waals surface area (Å²) in [6.45, 7) is 2.77. The molecule has 0 aromatic heterocycles. The summed E-state index contributed by atoms with van der Waals surface area (Å²) in [5, 5.41) is 3.30. The topological polar surface area (TPSA) is 69.7 Å². The van der Waals surface area contributed by atoms with Crippen molar-refractivity contribution in [1.29, 1.82) is 0 Å². The van der Waals surface area contributed by atoms with Gasteiger partial charge in [-0.25, -0.2) is 0 Å². The van der Waals surface area contributed by atoms with Gasteiger partial charge in [0.2, 0.25) is 5.91 Å². The van der Waals surface area contributed by atoms with Gasteiger partial charge < -0.3 is 5.32 Å². The highest BCUT2D eigenvalue weighted by Gasteiger charge is 2.34. The fraction of sp³-hybridized carbons (Fsp3) is 0.350. The molecule has 0 radical (unpaired) electrons. The largest absolute Gasteiger partial charge is 0.325 e. The van der Waals surface area contributed by atoms with Crippen LogP contribution in [0.1, 0.15) is 24.5 Å². The van der Waals surface area contributed by atoms with E-state index in [9.17, 15) is 13.2 Å². The van der Waals surface area contributed by atoms with Crippen LogP contribution in [0.3, 0.4) is 0 Å². The van der Waals surface area contributed by atoms with Gasteiger partial charge in [-0.05, 0) is 42.2 Å². The minimum absolute atomic E-state index is 0.193. The van der Waals surface area contributed by atoms with Crippen molar-refractivity contribution in [2.45, 2.75) is 26.3 Å². The van der Waals surface area contributed by atoms with E-state index in [-0.39, 0.29) is 19.0 Å². The zero-order valence-electron chi connectivity index (χ0n) is 15.8. The summed E-state index contributed by atoms with van der Waals surface area (Å²) < 4.78 is 28.5. The van der Waals surface area contributed by atoms with Crippen LogP contribution in [-0.2, 0) is 28.0 Å². The molecule has 1 amide bonds. The Morgan fingerprint density at radius 2 is 1.75 bits per heavy atom. The first-order valence-electron chi connectivity index (χ1n) is 9.27. The van der Waals surface area contributed by atoms with Crippen LogP contribution in [0.25, 0.3) is 0 Å². The Kier molecular flexibility index (Phi) is 6.72. The van der Waals surface area contributed by atoms with E-state index in [1.807, 2.05) is 36.4 Å². The highest BCUT2D eigenvalue weighted by atomic mass is 35.5. The molecule has 1 aliphatic heterocycles. The van der Waals surface area contributed by atoms with Crippen molar-refractivity contribution in [3.8, 4) is 0 Å². The van der Waals surface area contributed by atoms with Crippen molar-refractivity contribution in [1.82, 2.24) is 8.61 Å². The van der Waals surface area contributed by atoms with E-state index in [2.05, 4.69) is 12.2 Å². The van der Waals surface area contributed by atoms with Gasteiger partial charge in [0.1, 0.15) is 0 Å². The number of carbonyl (C=O) groups is 1. The Morgan fingerprint density at radius 3 is 2.43 bits per heavy atom. The third kappa shape index (κ3) is 4.91. The SMILES string of the molecule is CCc1ccc(NC(=O)CN2CCCN(Cc3ccccc3Cl)S2(=O)=O)cc1. The van der Waals surface area contributed by atoms with Crippen LogP contribution < -0.4 is 5.32 Å². The summed E-state index contributed by atoms with van der Waals surface area (Å²) in [6.07, 6.45) is 1.57. The van der Waals surface area contributed by atoms with Crippen molar-refractivity contribution < 1.29 is 13.2 Å². The molecule has 0 saturated carbocycles. The number of amides is 1. The molecule has 1 heterocycles. The van der Waals surface area contributed by atoms with Crippen LogP contribution in [-0.4, -0.2) is 42.6 Å². The predicted octanol–water partition coefficient (Wildman–Crippen LogP) is 3.29. The minimum Gasteiger partial charge on any atom is -0.325 e. The van der Waals surface area contributed by atoms with E-state index in [1.54, 1.807) is 12.1 Å². The van der Waals surface area contributed by atoms with Crippen molar-refractivity contribution in [3.63, 3.8) is 0 Å². The number of nitrogens with one attached hydrogen (secondary N) is 1. The molecule has 0 unspecified atom stereocenters. The standard InChI is InChI=1S/C20H24ClN3O3S/c1-2-16-8-10-18(11-9-16)22-20(25)15-24-13-5-12-23(28(24,26)27)14-17-6-3-4-7-19(17)21/h3-4,6-11H,2,5,12-15H2,1H3,(H,22,25). The third-order valence-electron chi connectivity index (χ3n) is 4.74. The van der Waals surface area contributed by atoms with Gasteiger partial charge in [-0.1, -0.05) is 48.9 Å². The number of rotatable bonds is 6. The molecule has 1 aliphatic rings. The first-order valence-corrected chi connectivity index (χ1v) is 11.0. The molecule has 1 N–H and O–H groups in total. The van der Waals surface area contributed by atoms with Crippen LogP contribution in [0, 0.1) is 0 Å². The second-order valence-corrected chi connectivity index (χ2v) is 9.05. The van der Waals surface area contributed by atoms with Crippen molar-refractivity contribution >= 4 is 33.4 Å². The van der Waals surface area contributed by atoms with E-state index >= 15 is 0 Å². The molecule has 150 valence electrons. The van der Waals surface area contributed by atoms with Crippen LogP contribution in [0.15, 0.2) is 48.5 Å². The molecule has 28 heavy (non-hydrogen) atoms. The molecule has 0 aliphatic carbocycles. The van der Waals surface area contributed by atoms with Crippen LogP contribution >= 0.6 is 11.6 Å². The number of carbonyl (C=O) groups excluding carboxylic acids is 1. The zero-order chi connectivity index (χ0) is 20.1. The molecule has 0 atom stereocenters. The second kappa shape index (κ2) is 9.05. The maximum Gasteiger partial charge on any atom is 0.282 e. The zero-order valence-corrected chi connectivity index (χ0v) is 17.3. The Morgan fingerprint density at radius 1 is 1.07 bits per heavy atom. The van der Waals surface area contributed by atoms with Gasteiger partial charge in [-0.2, -0.15) is 17.0 Å². The first-order chi connectivity index (χ1) is 13.4. The van der Waals surface area contributed by atoms with Crippen LogP contribution in [0.4, 0.5) is 5.69 Å². The highest BCUT2D eigenvalue weighted by molar-refractivity contribution is 7.86. The number of benzene rings is 2. The lowest BCUT2D eigenvalue weighted by Gasteiger charge is -2.34. The van der Waals surface area contributed by atoms with Crippen LogP contribution in [0.2, 0.25) is 5.02 Å². The maximum atomic E-state index is 12.9. The predicted molar refractivity (Wildman–Crippen MR) is 111 cm³/mol. The van der Waals surface area contributed by atoms with E-state index in [1.165, 1.54) is 14.2 Å². The summed E-state index contributed by atoms with van der Waals surface area (Å²) in [7, 11) is -3.73. The second-order valence-electron chi connectivity index (χ2n) is 6.72. The molecular weight excluding hydrogens is 398 g/mol. The molecule has 6 nitrogen and oxygen atoms in total. The minimum atomic E-state index is -3.73. The van der Waals surface area contributed by atoms with Crippen molar-refractivity contribution in [3.05, 3.63) is 64.7 Å². The van der Waals surface area contributed by atoms with E-state index < -0.39 is 10.2 Å². The Balaban J connectivity index is 1.66. The monoisotopic (exact) mass is 421 g/mol. The third-order valence-corrected chi connectivity index (χ3v) is 7.04. The number of hydrogen-bond acceptors (Lipinski definition) is 3. The number of aryl methyl sites for hydroxylation is 1. The highest BCUT2D eigenvalue weighted by Crippen LogP contribution is 2.23.